The molecule has 0 aromatic heterocycles. The molecule has 0 saturated heterocycles. The summed E-state index contributed by atoms with van der Waals surface area (Å²) in [5, 5.41) is 0. The van der Waals surface area contributed by atoms with Gasteiger partial charge in [-0.1, -0.05) is 30.4 Å². The number of ketones is 1. The van der Waals surface area contributed by atoms with Crippen LogP contribution in [0.1, 0.15) is 19.4 Å². The van der Waals surface area contributed by atoms with Crippen molar-refractivity contribution in [2.75, 3.05) is 0 Å². The molecule has 1 aromatic rings. The van der Waals surface area contributed by atoms with E-state index in [0.29, 0.717) is 5.57 Å². The molecule has 1 aliphatic carbocycles. The first-order valence-corrected chi connectivity index (χ1v) is 5.32. The SMILES string of the molecule is CC1=CC=CC(C)(c2cccc(F)c2F)C1=O. The predicted molar refractivity (Wildman–Crippen MR) is 61.6 cm³/mol. The lowest BCUT2D eigenvalue weighted by atomic mass is 9.73. The summed E-state index contributed by atoms with van der Waals surface area (Å²) in [6, 6.07) is 3.90. The van der Waals surface area contributed by atoms with E-state index in [4.69, 9.17) is 0 Å². The molecule has 1 aromatic carbocycles. The molecule has 0 amide bonds. The maximum absolute atomic E-state index is 13.8. The molecular formula is C14H12F2O. The van der Waals surface area contributed by atoms with Gasteiger partial charge in [0, 0.05) is 5.56 Å². The molecule has 1 nitrogen and oxygen atoms in total. The second-order valence-electron chi connectivity index (χ2n) is 4.34. The second kappa shape index (κ2) is 3.91. The molecule has 1 unspecified atom stereocenters. The summed E-state index contributed by atoms with van der Waals surface area (Å²) in [6.45, 7) is 3.27. The summed E-state index contributed by atoms with van der Waals surface area (Å²) in [5.74, 6) is -2.09. The number of Topliss-reactive ketones (excluding diaryl/α,β-unsaturated/α-hetero) is 1. The van der Waals surface area contributed by atoms with Crippen LogP contribution in [0.15, 0.2) is 42.0 Å². The van der Waals surface area contributed by atoms with Crippen LogP contribution in [-0.2, 0) is 10.2 Å². The third kappa shape index (κ3) is 1.71. The lowest BCUT2D eigenvalue weighted by Crippen LogP contribution is -2.34. The Morgan fingerprint density at radius 3 is 2.65 bits per heavy atom. The second-order valence-corrected chi connectivity index (χ2v) is 4.34. The summed E-state index contributed by atoms with van der Waals surface area (Å²) in [4.78, 5) is 12.1. The standard InChI is InChI=1S/C14H12F2O/c1-9-5-4-8-14(2,13(9)17)10-6-3-7-11(15)12(10)16/h3-8H,1-2H3. The number of hydrogen-bond acceptors (Lipinski definition) is 1. The maximum Gasteiger partial charge on any atom is 0.172 e. The Hall–Kier alpha value is -1.77. The van der Waals surface area contributed by atoms with E-state index in [9.17, 15) is 13.6 Å². The number of carbonyl (C=O) groups excluding carboxylic acids is 1. The minimum atomic E-state index is -1.12. The van der Waals surface area contributed by atoms with Crippen molar-refractivity contribution < 1.29 is 13.6 Å². The van der Waals surface area contributed by atoms with Crippen LogP contribution in [0.3, 0.4) is 0 Å². The Morgan fingerprint density at radius 1 is 1.24 bits per heavy atom. The van der Waals surface area contributed by atoms with Gasteiger partial charge in [0.05, 0.1) is 5.41 Å². The van der Waals surface area contributed by atoms with Gasteiger partial charge >= 0.3 is 0 Å². The van der Waals surface area contributed by atoms with Crippen LogP contribution in [0.25, 0.3) is 0 Å². The van der Waals surface area contributed by atoms with Crippen molar-refractivity contribution in [1.29, 1.82) is 0 Å². The van der Waals surface area contributed by atoms with Crippen molar-refractivity contribution in [2.24, 2.45) is 0 Å². The minimum Gasteiger partial charge on any atom is -0.293 e. The van der Waals surface area contributed by atoms with E-state index >= 15 is 0 Å². The van der Waals surface area contributed by atoms with Crippen molar-refractivity contribution in [3.63, 3.8) is 0 Å². The average Bonchev–Trinajstić information content (AvgIpc) is 2.29. The van der Waals surface area contributed by atoms with Crippen molar-refractivity contribution in [3.05, 3.63) is 59.2 Å². The van der Waals surface area contributed by atoms with E-state index in [1.165, 1.54) is 12.1 Å². The van der Waals surface area contributed by atoms with Crippen LogP contribution >= 0.6 is 0 Å². The number of halogens is 2. The fraction of sp³-hybridized carbons (Fsp3) is 0.214. The topological polar surface area (TPSA) is 17.1 Å². The van der Waals surface area contributed by atoms with Crippen molar-refractivity contribution in [1.82, 2.24) is 0 Å². The van der Waals surface area contributed by atoms with Gasteiger partial charge in [0.1, 0.15) is 0 Å². The third-order valence-corrected chi connectivity index (χ3v) is 3.12. The first-order valence-electron chi connectivity index (χ1n) is 5.32. The molecule has 1 atom stereocenters. The molecule has 0 bridgehead atoms. The highest BCUT2D eigenvalue weighted by Gasteiger charge is 2.37. The van der Waals surface area contributed by atoms with Gasteiger partial charge in [0.25, 0.3) is 0 Å². The zero-order chi connectivity index (χ0) is 12.6. The highest BCUT2D eigenvalue weighted by atomic mass is 19.2. The van der Waals surface area contributed by atoms with Crippen LogP contribution in [0.2, 0.25) is 0 Å². The Bertz CT molecular complexity index is 543. The Morgan fingerprint density at radius 2 is 1.94 bits per heavy atom. The van der Waals surface area contributed by atoms with E-state index in [2.05, 4.69) is 0 Å². The van der Waals surface area contributed by atoms with Gasteiger partial charge in [-0.25, -0.2) is 8.78 Å². The fourth-order valence-corrected chi connectivity index (χ4v) is 2.06. The first-order chi connectivity index (χ1) is 7.97. The van der Waals surface area contributed by atoms with Crippen molar-refractivity contribution in [2.45, 2.75) is 19.3 Å². The smallest absolute Gasteiger partial charge is 0.172 e. The summed E-state index contributed by atoms with van der Waals surface area (Å²) in [7, 11) is 0. The zero-order valence-corrected chi connectivity index (χ0v) is 9.63. The maximum atomic E-state index is 13.8. The molecule has 2 rings (SSSR count). The van der Waals surface area contributed by atoms with E-state index < -0.39 is 17.0 Å². The summed E-state index contributed by atoms with van der Waals surface area (Å²) >= 11 is 0. The highest BCUT2D eigenvalue weighted by Crippen LogP contribution is 2.34. The van der Waals surface area contributed by atoms with Gasteiger partial charge in [-0.15, -0.1) is 0 Å². The van der Waals surface area contributed by atoms with E-state index in [0.717, 1.165) is 6.07 Å². The van der Waals surface area contributed by atoms with E-state index in [1.807, 2.05) is 0 Å². The van der Waals surface area contributed by atoms with Crippen LogP contribution in [0.4, 0.5) is 8.78 Å². The van der Waals surface area contributed by atoms with Gasteiger partial charge in [-0.2, -0.15) is 0 Å². The highest BCUT2D eigenvalue weighted by molar-refractivity contribution is 6.05. The van der Waals surface area contributed by atoms with Crippen LogP contribution in [0.5, 0.6) is 0 Å². The molecular weight excluding hydrogens is 222 g/mol. The quantitative estimate of drug-likeness (QED) is 0.728. The van der Waals surface area contributed by atoms with Crippen molar-refractivity contribution >= 4 is 5.78 Å². The molecule has 0 spiro atoms. The van der Waals surface area contributed by atoms with E-state index in [-0.39, 0.29) is 11.3 Å². The first kappa shape index (κ1) is 11.7. The van der Waals surface area contributed by atoms with Gasteiger partial charge in [-0.3, -0.25) is 4.79 Å². The zero-order valence-electron chi connectivity index (χ0n) is 9.63. The monoisotopic (exact) mass is 234 g/mol. The third-order valence-electron chi connectivity index (χ3n) is 3.12. The molecule has 88 valence electrons. The lowest BCUT2D eigenvalue weighted by Gasteiger charge is -2.28. The lowest BCUT2D eigenvalue weighted by molar-refractivity contribution is -0.119. The number of allylic oxidation sites excluding steroid dienone is 4. The Kier molecular flexibility index (Phi) is 2.69. The van der Waals surface area contributed by atoms with Crippen LogP contribution < -0.4 is 0 Å². The minimum absolute atomic E-state index is 0.0752. The van der Waals surface area contributed by atoms with Gasteiger partial charge in [-0.05, 0) is 25.5 Å². The number of carbonyl (C=O) groups is 1. The number of rotatable bonds is 1. The van der Waals surface area contributed by atoms with Gasteiger partial charge in [0.2, 0.25) is 0 Å². The molecule has 0 saturated carbocycles. The summed E-state index contributed by atoms with van der Waals surface area (Å²) in [6.07, 6.45) is 4.96. The molecule has 17 heavy (non-hydrogen) atoms. The Balaban J connectivity index is 2.61. The molecule has 0 radical (unpaired) electrons. The average molecular weight is 234 g/mol. The Labute approximate surface area is 98.5 Å². The molecule has 0 fully saturated rings. The fourth-order valence-electron chi connectivity index (χ4n) is 2.06. The normalized spacial score (nSPS) is 23.8. The molecule has 0 aliphatic heterocycles. The molecule has 0 N–H and O–H groups in total. The van der Waals surface area contributed by atoms with Crippen molar-refractivity contribution in [3.8, 4) is 0 Å². The molecule has 1 aliphatic rings. The van der Waals surface area contributed by atoms with Crippen LogP contribution in [0, 0.1) is 11.6 Å². The van der Waals surface area contributed by atoms with Crippen LogP contribution in [-0.4, -0.2) is 5.78 Å². The molecule has 3 heteroatoms. The number of hydrogen-bond donors (Lipinski definition) is 0. The predicted octanol–water partition coefficient (Wildman–Crippen LogP) is 3.31. The number of benzene rings is 1. The van der Waals surface area contributed by atoms with Gasteiger partial charge in [0.15, 0.2) is 17.4 Å². The summed E-state index contributed by atoms with van der Waals surface area (Å²) < 4.78 is 27.0. The largest absolute Gasteiger partial charge is 0.293 e. The summed E-state index contributed by atoms with van der Waals surface area (Å²) in [5.41, 5.74) is -0.504. The molecule has 0 heterocycles. The van der Waals surface area contributed by atoms with Gasteiger partial charge < -0.3 is 0 Å². The van der Waals surface area contributed by atoms with E-state index in [1.54, 1.807) is 32.1 Å².